The molecule has 25 heavy (non-hydrogen) atoms. The summed E-state index contributed by atoms with van der Waals surface area (Å²) in [7, 11) is 0. The number of aliphatic carboxylic acids is 1. The molecule has 2 nitrogen and oxygen atoms in total. The van der Waals surface area contributed by atoms with Crippen LogP contribution in [-0.4, -0.2) is 11.1 Å². The molecule has 2 heteroatoms. The average Bonchev–Trinajstić information content (AvgIpc) is 2.54. The van der Waals surface area contributed by atoms with Gasteiger partial charge in [-0.3, -0.25) is 0 Å². The van der Waals surface area contributed by atoms with Gasteiger partial charge < -0.3 is 5.11 Å². The number of carboxylic acid groups (broad SMARTS) is 1. The van der Waals surface area contributed by atoms with Crippen LogP contribution in [0.25, 0.3) is 5.57 Å². The topological polar surface area (TPSA) is 37.3 Å². The molecular weight excluding hydrogens is 308 g/mol. The maximum atomic E-state index is 10.6. The molecule has 1 aromatic rings. The van der Waals surface area contributed by atoms with Gasteiger partial charge >= 0.3 is 5.97 Å². The molecule has 0 amide bonds. The molecule has 0 aromatic heterocycles. The Labute approximate surface area is 152 Å². The van der Waals surface area contributed by atoms with Crippen LogP contribution in [0.15, 0.2) is 48.1 Å². The van der Waals surface area contributed by atoms with E-state index in [1.807, 2.05) is 13.0 Å². The van der Waals surface area contributed by atoms with E-state index in [0.717, 1.165) is 5.57 Å². The van der Waals surface area contributed by atoms with Gasteiger partial charge in [-0.25, -0.2) is 4.79 Å². The Morgan fingerprint density at radius 2 is 1.56 bits per heavy atom. The van der Waals surface area contributed by atoms with Crippen molar-refractivity contribution in [1.29, 1.82) is 0 Å². The highest BCUT2D eigenvalue weighted by Crippen LogP contribution is 2.46. The van der Waals surface area contributed by atoms with E-state index in [-0.39, 0.29) is 10.8 Å². The number of carbonyl (C=O) groups is 1. The lowest BCUT2D eigenvalue weighted by Crippen LogP contribution is -2.33. The summed E-state index contributed by atoms with van der Waals surface area (Å²) < 4.78 is 0. The van der Waals surface area contributed by atoms with Gasteiger partial charge in [-0.05, 0) is 59.8 Å². The predicted octanol–water partition coefficient (Wildman–Crippen LogP) is 6.03. The predicted molar refractivity (Wildman–Crippen MR) is 106 cm³/mol. The molecule has 0 atom stereocenters. The second kappa shape index (κ2) is 7.03. The van der Waals surface area contributed by atoms with Crippen LogP contribution < -0.4 is 0 Å². The van der Waals surface area contributed by atoms with E-state index in [0.29, 0.717) is 0 Å². The quantitative estimate of drug-likeness (QED) is 0.538. The molecule has 0 radical (unpaired) electrons. The number of carboxylic acids is 1. The van der Waals surface area contributed by atoms with Crippen molar-refractivity contribution in [3.8, 4) is 0 Å². The second-order valence-electron chi connectivity index (χ2n) is 8.46. The van der Waals surface area contributed by atoms with Crippen molar-refractivity contribution in [1.82, 2.24) is 0 Å². The zero-order valence-corrected chi connectivity index (χ0v) is 16.3. The van der Waals surface area contributed by atoms with E-state index in [1.54, 1.807) is 6.08 Å². The van der Waals surface area contributed by atoms with Crippen LogP contribution in [0.4, 0.5) is 0 Å². The minimum Gasteiger partial charge on any atom is -0.478 e. The molecule has 134 valence electrons. The molecule has 0 aliphatic heterocycles. The summed E-state index contributed by atoms with van der Waals surface area (Å²) in [5.41, 5.74) is 6.70. The summed E-state index contributed by atoms with van der Waals surface area (Å²) >= 11 is 0. The summed E-state index contributed by atoms with van der Waals surface area (Å²) in [5.74, 6) is -0.923. The van der Waals surface area contributed by atoms with Crippen LogP contribution in [0.1, 0.15) is 71.1 Å². The monoisotopic (exact) mass is 338 g/mol. The SMILES string of the molecule is CC(C=CC(=O)O)=CC=C(C)c1ccc2c(c1)C(C)(C)CCC2(C)C. The fourth-order valence-electron chi connectivity index (χ4n) is 3.44. The molecule has 0 bridgehead atoms. The van der Waals surface area contributed by atoms with Gasteiger partial charge in [0, 0.05) is 6.08 Å². The number of fused-ring (bicyclic) bond motifs is 1. The van der Waals surface area contributed by atoms with E-state index in [4.69, 9.17) is 5.11 Å². The van der Waals surface area contributed by atoms with Gasteiger partial charge in [0.05, 0.1) is 0 Å². The third-order valence-corrected chi connectivity index (χ3v) is 5.39. The van der Waals surface area contributed by atoms with E-state index in [9.17, 15) is 4.79 Å². The molecule has 1 aliphatic carbocycles. The zero-order valence-electron chi connectivity index (χ0n) is 16.3. The summed E-state index contributed by atoms with van der Waals surface area (Å²) in [5, 5.41) is 8.69. The third-order valence-electron chi connectivity index (χ3n) is 5.39. The summed E-state index contributed by atoms with van der Waals surface area (Å²) in [4.78, 5) is 10.6. The number of rotatable bonds is 4. The fourth-order valence-corrected chi connectivity index (χ4v) is 3.44. The molecule has 1 aromatic carbocycles. The van der Waals surface area contributed by atoms with Crippen molar-refractivity contribution in [2.24, 2.45) is 0 Å². The lowest BCUT2D eigenvalue weighted by atomic mass is 9.63. The Balaban J connectivity index is 2.37. The summed E-state index contributed by atoms with van der Waals surface area (Å²) in [6, 6.07) is 6.85. The average molecular weight is 338 g/mol. The molecule has 2 rings (SSSR count). The van der Waals surface area contributed by atoms with Crippen molar-refractivity contribution < 1.29 is 9.90 Å². The van der Waals surface area contributed by atoms with Crippen molar-refractivity contribution >= 4 is 11.5 Å². The largest absolute Gasteiger partial charge is 0.478 e. The molecule has 0 spiro atoms. The molecule has 0 saturated carbocycles. The Kier molecular flexibility index (Phi) is 5.41. The van der Waals surface area contributed by atoms with Crippen LogP contribution in [0, 0.1) is 0 Å². The Morgan fingerprint density at radius 1 is 0.960 bits per heavy atom. The highest BCUT2D eigenvalue weighted by Gasteiger charge is 2.36. The number of hydrogen-bond donors (Lipinski definition) is 1. The lowest BCUT2D eigenvalue weighted by molar-refractivity contribution is -0.131. The maximum Gasteiger partial charge on any atom is 0.328 e. The number of benzene rings is 1. The van der Waals surface area contributed by atoms with Crippen LogP contribution in [0.2, 0.25) is 0 Å². The smallest absolute Gasteiger partial charge is 0.328 e. The van der Waals surface area contributed by atoms with Crippen molar-refractivity contribution in [3.63, 3.8) is 0 Å². The standard InChI is InChI=1S/C23H30O2/c1-16(8-12-21(24)25)7-9-17(2)18-10-11-19-20(15-18)23(5,6)14-13-22(19,3)4/h7-12,15H,13-14H2,1-6H3,(H,24,25). The van der Waals surface area contributed by atoms with Crippen molar-refractivity contribution in [3.05, 3.63) is 64.8 Å². The Hall–Kier alpha value is -2.09. The van der Waals surface area contributed by atoms with Crippen LogP contribution in [-0.2, 0) is 15.6 Å². The maximum absolute atomic E-state index is 10.6. The number of allylic oxidation sites excluding steroid dienone is 5. The van der Waals surface area contributed by atoms with Gasteiger partial charge in [-0.2, -0.15) is 0 Å². The first-order valence-corrected chi connectivity index (χ1v) is 8.94. The molecule has 0 heterocycles. The minimum atomic E-state index is -0.923. The molecule has 0 unspecified atom stereocenters. The van der Waals surface area contributed by atoms with E-state index >= 15 is 0 Å². The zero-order chi connectivity index (χ0) is 18.8. The molecular formula is C23H30O2. The first-order chi connectivity index (χ1) is 11.5. The summed E-state index contributed by atoms with van der Waals surface area (Å²) in [6.07, 6.45) is 9.23. The highest BCUT2D eigenvalue weighted by atomic mass is 16.4. The van der Waals surface area contributed by atoms with Gasteiger partial charge in [-0.1, -0.05) is 69.7 Å². The van der Waals surface area contributed by atoms with E-state index in [2.05, 4.69) is 58.9 Å². The van der Waals surface area contributed by atoms with Crippen molar-refractivity contribution in [2.75, 3.05) is 0 Å². The minimum absolute atomic E-state index is 0.205. The van der Waals surface area contributed by atoms with Gasteiger partial charge in [0.1, 0.15) is 0 Å². The van der Waals surface area contributed by atoms with Gasteiger partial charge in [-0.15, -0.1) is 0 Å². The molecule has 1 N–H and O–H groups in total. The van der Waals surface area contributed by atoms with Gasteiger partial charge in [0.25, 0.3) is 0 Å². The van der Waals surface area contributed by atoms with E-state index in [1.165, 1.54) is 41.2 Å². The van der Waals surface area contributed by atoms with Gasteiger partial charge in [0.2, 0.25) is 0 Å². The van der Waals surface area contributed by atoms with Crippen LogP contribution >= 0.6 is 0 Å². The lowest BCUT2D eigenvalue weighted by Gasteiger charge is -2.42. The highest BCUT2D eigenvalue weighted by molar-refractivity contribution is 5.80. The van der Waals surface area contributed by atoms with Crippen molar-refractivity contribution in [2.45, 2.75) is 65.2 Å². The molecule has 0 saturated heterocycles. The van der Waals surface area contributed by atoms with Crippen LogP contribution in [0.5, 0.6) is 0 Å². The normalized spacial score (nSPS) is 19.8. The Morgan fingerprint density at radius 3 is 2.16 bits per heavy atom. The first kappa shape index (κ1) is 19.2. The second-order valence-corrected chi connectivity index (χ2v) is 8.46. The third kappa shape index (κ3) is 4.50. The van der Waals surface area contributed by atoms with Crippen LogP contribution in [0.3, 0.4) is 0 Å². The summed E-state index contributed by atoms with van der Waals surface area (Å²) in [6.45, 7) is 13.4. The molecule has 0 fully saturated rings. The first-order valence-electron chi connectivity index (χ1n) is 8.94. The Bertz CT molecular complexity index is 758. The fraction of sp³-hybridized carbons (Fsp3) is 0.435. The van der Waals surface area contributed by atoms with E-state index < -0.39 is 5.97 Å². The van der Waals surface area contributed by atoms with Gasteiger partial charge in [0.15, 0.2) is 0 Å². The number of hydrogen-bond acceptors (Lipinski definition) is 1. The molecule has 1 aliphatic rings.